The molecule has 0 atom stereocenters. The lowest BCUT2D eigenvalue weighted by molar-refractivity contribution is -0.136. The second-order valence-electron chi connectivity index (χ2n) is 6.82. The molecule has 31 heavy (non-hydrogen) atoms. The van der Waals surface area contributed by atoms with Gasteiger partial charge in [-0.2, -0.15) is 13.2 Å². The minimum atomic E-state index is -4.60. The summed E-state index contributed by atoms with van der Waals surface area (Å²) < 4.78 is 45.4. The number of anilines is 3. The highest BCUT2D eigenvalue weighted by molar-refractivity contribution is 6.06. The third kappa shape index (κ3) is 4.67. The molecule has 0 saturated carbocycles. The Morgan fingerprint density at radius 3 is 2.39 bits per heavy atom. The van der Waals surface area contributed by atoms with E-state index < -0.39 is 17.7 Å². The van der Waals surface area contributed by atoms with Crippen LogP contribution in [-0.4, -0.2) is 42.4 Å². The fourth-order valence-electron chi connectivity index (χ4n) is 3.47. The second kappa shape index (κ2) is 8.99. The van der Waals surface area contributed by atoms with Crippen molar-refractivity contribution in [2.45, 2.75) is 6.18 Å². The smallest absolute Gasteiger partial charge is 0.418 e. The first kappa shape index (κ1) is 22.6. The van der Waals surface area contributed by atoms with Crippen molar-refractivity contribution in [1.29, 1.82) is 0 Å². The molecule has 164 valence electrons. The predicted molar refractivity (Wildman–Crippen MR) is 114 cm³/mol. The van der Waals surface area contributed by atoms with Crippen molar-refractivity contribution >= 4 is 46.3 Å². The summed E-state index contributed by atoms with van der Waals surface area (Å²) in [6.45, 7) is 2.83. The summed E-state index contributed by atoms with van der Waals surface area (Å²) in [7, 11) is 0. The molecule has 2 aromatic carbocycles. The number of ether oxygens (including phenoxy) is 1. The maximum absolute atomic E-state index is 13.4. The number of nitrogens with zero attached hydrogens (tertiary/aromatic N) is 2. The summed E-state index contributed by atoms with van der Waals surface area (Å²) in [6, 6.07) is 10.9. The molecule has 0 amide bonds. The number of hydrogen-bond acceptors (Lipinski definition) is 5. The van der Waals surface area contributed by atoms with Gasteiger partial charge in [-0.25, -0.2) is 4.79 Å². The number of rotatable bonds is 4. The summed E-state index contributed by atoms with van der Waals surface area (Å²) in [5.41, 5.74) is 0.183. The van der Waals surface area contributed by atoms with Crippen LogP contribution in [0.25, 0.3) is 10.9 Å². The Labute approximate surface area is 182 Å². The van der Waals surface area contributed by atoms with Crippen molar-refractivity contribution in [2.75, 3.05) is 36.5 Å². The number of carboxylic acid groups (broad SMARTS) is 1. The van der Waals surface area contributed by atoms with Gasteiger partial charge in [-0.3, -0.25) is 4.98 Å². The number of aromatic carboxylic acids is 1. The van der Waals surface area contributed by atoms with Gasteiger partial charge in [0.25, 0.3) is 0 Å². The summed E-state index contributed by atoms with van der Waals surface area (Å²) >= 11 is 0. The molecule has 1 fully saturated rings. The number of aromatic nitrogens is 1. The summed E-state index contributed by atoms with van der Waals surface area (Å²) in [6.07, 6.45) is -3.65. The lowest BCUT2D eigenvalue weighted by Crippen LogP contribution is -2.36. The molecular weight excluding hydrogens is 435 g/mol. The molecule has 0 bridgehead atoms. The maximum atomic E-state index is 13.4. The SMILES string of the molecule is Cl.O=C(O)c1cnc2c(C(F)(F)F)cccc2c1Nc1ccc(N2CCOCC2)cc1. The molecule has 1 aliphatic heterocycles. The molecule has 4 rings (SSSR count). The zero-order chi connectivity index (χ0) is 21.3. The van der Waals surface area contributed by atoms with Crippen LogP contribution in [0.1, 0.15) is 15.9 Å². The van der Waals surface area contributed by atoms with E-state index in [1.165, 1.54) is 12.1 Å². The van der Waals surface area contributed by atoms with Crippen LogP contribution in [0.15, 0.2) is 48.7 Å². The van der Waals surface area contributed by atoms with E-state index in [-0.39, 0.29) is 34.6 Å². The molecule has 1 aromatic heterocycles. The number of benzene rings is 2. The van der Waals surface area contributed by atoms with E-state index in [0.29, 0.717) is 18.9 Å². The number of pyridine rings is 1. The second-order valence-corrected chi connectivity index (χ2v) is 6.82. The molecule has 2 N–H and O–H groups in total. The number of morpholine rings is 1. The van der Waals surface area contributed by atoms with E-state index in [9.17, 15) is 23.1 Å². The molecule has 0 aliphatic carbocycles. The average molecular weight is 454 g/mol. The van der Waals surface area contributed by atoms with Gasteiger partial charge in [0.15, 0.2) is 0 Å². The van der Waals surface area contributed by atoms with Gasteiger partial charge in [0.1, 0.15) is 5.56 Å². The lowest BCUT2D eigenvalue weighted by Gasteiger charge is -2.29. The van der Waals surface area contributed by atoms with Crippen LogP contribution < -0.4 is 10.2 Å². The van der Waals surface area contributed by atoms with Gasteiger partial charge < -0.3 is 20.1 Å². The Kier molecular flexibility index (Phi) is 6.56. The molecule has 0 unspecified atom stereocenters. The number of carbonyl (C=O) groups is 1. The first-order valence-corrected chi connectivity index (χ1v) is 9.26. The van der Waals surface area contributed by atoms with Crippen molar-refractivity contribution in [3.63, 3.8) is 0 Å². The third-order valence-electron chi connectivity index (χ3n) is 4.95. The molecule has 6 nitrogen and oxygen atoms in total. The standard InChI is InChI=1S/C21H18F3N3O3.ClH/c22-21(23,24)17-3-1-2-15-18(16(20(28)29)12-25-19(15)17)26-13-4-6-14(7-5-13)27-8-10-30-11-9-27;/h1-7,12H,8-11H2,(H,25,26)(H,28,29);1H. The molecule has 1 saturated heterocycles. The largest absolute Gasteiger partial charge is 0.478 e. The first-order valence-electron chi connectivity index (χ1n) is 9.26. The van der Waals surface area contributed by atoms with Crippen molar-refractivity contribution in [3.05, 3.63) is 59.8 Å². The van der Waals surface area contributed by atoms with E-state index in [0.717, 1.165) is 31.0 Å². The van der Waals surface area contributed by atoms with Crippen molar-refractivity contribution in [2.24, 2.45) is 0 Å². The minimum Gasteiger partial charge on any atom is -0.478 e. The topological polar surface area (TPSA) is 74.7 Å². The van der Waals surface area contributed by atoms with Crippen LogP contribution in [0.5, 0.6) is 0 Å². The van der Waals surface area contributed by atoms with Crippen LogP contribution in [0.2, 0.25) is 0 Å². The van der Waals surface area contributed by atoms with Gasteiger partial charge in [-0.1, -0.05) is 12.1 Å². The number of nitrogens with one attached hydrogen (secondary N) is 1. The Hall–Kier alpha value is -3.04. The van der Waals surface area contributed by atoms with E-state index in [1.807, 2.05) is 12.1 Å². The number of para-hydroxylation sites is 1. The van der Waals surface area contributed by atoms with Gasteiger partial charge in [-0.15, -0.1) is 12.4 Å². The number of halogens is 4. The number of fused-ring (bicyclic) bond motifs is 1. The third-order valence-corrected chi connectivity index (χ3v) is 4.95. The molecule has 2 heterocycles. The van der Waals surface area contributed by atoms with Gasteiger partial charge in [-0.05, 0) is 30.3 Å². The summed E-state index contributed by atoms with van der Waals surface area (Å²) in [5, 5.41) is 12.6. The Bertz CT molecular complexity index is 1080. The van der Waals surface area contributed by atoms with E-state index in [1.54, 1.807) is 12.1 Å². The molecular formula is C21H19ClF3N3O3. The van der Waals surface area contributed by atoms with Crippen LogP contribution in [0.4, 0.5) is 30.2 Å². The van der Waals surface area contributed by atoms with Gasteiger partial charge in [0, 0.05) is 36.0 Å². The number of alkyl halides is 3. The molecule has 10 heteroatoms. The van der Waals surface area contributed by atoms with E-state index in [4.69, 9.17) is 4.74 Å². The molecule has 0 spiro atoms. The van der Waals surface area contributed by atoms with Gasteiger partial charge in [0.05, 0.1) is 30.0 Å². The van der Waals surface area contributed by atoms with Crippen molar-refractivity contribution in [3.8, 4) is 0 Å². The minimum absolute atomic E-state index is 0. The highest BCUT2D eigenvalue weighted by Crippen LogP contribution is 2.37. The van der Waals surface area contributed by atoms with Crippen LogP contribution >= 0.6 is 12.4 Å². The van der Waals surface area contributed by atoms with Crippen molar-refractivity contribution in [1.82, 2.24) is 4.98 Å². The zero-order valence-corrected chi connectivity index (χ0v) is 17.0. The van der Waals surface area contributed by atoms with Crippen molar-refractivity contribution < 1.29 is 27.8 Å². The highest BCUT2D eigenvalue weighted by Gasteiger charge is 2.34. The zero-order valence-electron chi connectivity index (χ0n) is 16.1. The molecule has 0 radical (unpaired) electrons. The number of hydrogen-bond donors (Lipinski definition) is 2. The Morgan fingerprint density at radius 1 is 1.10 bits per heavy atom. The monoisotopic (exact) mass is 453 g/mol. The average Bonchev–Trinajstić information content (AvgIpc) is 2.74. The number of carboxylic acids is 1. The highest BCUT2D eigenvalue weighted by atomic mass is 35.5. The first-order chi connectivity index (χ1) is 14.3. The normalized spacial score (nSPS) is 14.2. The molecule has 1 aliphatic rings. The maximum Gasteiger partial charge on any atom is 0.418 e. The Morgan fingerprint density at radius 2 is 1.77 bits per heavy atom. The van der Waals surface area contributed by atoms with Crippen LogP contribution in [0.3, 0.4) is 0 Å². The molecule has 3 aromatic rings. The van der Waals surface area contributed by atoms with E-state index in [2.05, 4.69) is 15.2 Å². The Balaban J connectivity index is 0.00000272. The summed E-state index contributed by atoms with van der Waals surface area (Å²) in [5.74, 6) is -1.28. The van der Waals surface area contributed by atoms with Crippen LogP contribution in [-0.2, 0) is 10.9 Å². The van der Waals surface area contributed by atoms with Gasteiger partial charge in [0.2, 0.25) is 0 Å². The van der Waals surface area contributed by atoms with Crippen LogP contribution in [0, 0.1) is 0 Å². The van der Waals surface area contributed by atoms with Gasteiger partial charge >= 0.3 is 12.1 Å². The fraction of sp³-hybridized carbons (Fsp3) is 0.238. The fourth-order valence-corrected chi connectivity index (χ4v) is 3.47. The summed E-state index contributed by atoms with van der Waals surface area (Å²) in [4.78, 5) is 17.6. The van der Waals surface area contributed by atoms with E-state index >= 15 is 0 Å². The quantitative estimate of drug-likeness (QED) is 0.582. The predicted octanol–water partition coefficient (Wildman–Crippen LogP) is 4.95. The lowest BCUT2D eigenvalue weighted by atomic mass is 10.0.